The van der Waals surface area contributed by atoms with Crippen LogP contribution in [0.15, 0.2) is 30.3 Å². The number of carbonyl (C=O) groups excluding carboxylic acids is 1. The van der Waals surface area contributed by atoms with Crippen molar-refractivity contribution in [2.75, 3.05) is 0 Å². The lowest BCUT2D eigenvalue weighted by atomic mass is 10.1. The van der Waals surface area contributed by atoms with Crippen molar-refractivity contribution in [2.45, 2.75) is 24.7 Å². The maximum Gasteiger partial charge on any atom is 0.284 e. The number of ketones is 1. The van der Waals surface area contributed by atoms with Crippen LogP contribution in [0.5, 0.6) is 0 Å². The molecule has 4 nitrogen and oxygen atoms in total. The maximum atomic E-state index is 11.8. The van der Waals surface area contributed by atoms with Crippen molar-refractivity contribution >= 4 is 27.5 Å². The first-order valence-electron chi connectivity index (χ1n) is 5.00. The van der Waals surface area contributed by atoms with Gasteiger partial charge in [0.1, 0.15) is 6.10 Å². The van der Waals surface area contributed by atoms with E-state index in [1.165, 1.54) is 13.8 Å². The minimum absolute atomic E-state index is 0.397. The molecule has 0 N–H and O–H groups in total. The molecule has 17 heavy (non-hydrogen) atoms. The number of Topliss-reactive ketones (excluding diaryl/α,β-unsaturated/α-hetero) is 1. The van der Waals surface area contributed by atoms with Gasteiger partial charge in [-0.3, -0.25) is 8.98 Å². The Labute approximate surface area is 106 Å². The van der Waals surface area contributed by atoms with Crippen LogP contribution in [0.2, 0.25) is 0 Å². The minimum atomic E-state index is -3.91. The normalized spacial score (nSPS) is 15.2. The highest BCUT2D eigenvalue weighted by atomic mass is 35.5. The fourth-order valence-electron chi connectivity index (χ4n) is 1.16. The number of halogens is 1. The van der Waals surface area contributed by atoms with Gasteiger partial charge in [0.2, 0.25) is 0 Å². The van der Waals surface area contributed by atoms with Gasteiger partial charge in [-0.05, 0) is 13.8 Å². The molecule has 0 aliphatic rings. The average molecular weight is 277 g/mol. The second-order valence-corrected chi connectivity index (χ2v) is 6.30. The molecule has 2 unspecified atom stereocenters. The fourth-order valence-corrected chi connectivity index (χ4v) is 1.93. The van der Waals surface area contributed by atoms with Crippen LogP contribution in [0.1, 0.15) is 24.2 Å². The largest absolute Gasteiger partial charge is 0.291 e. The molecule has 0 amide bonds. The second-order valence-electron chi connectivity index (χ2n) is 3.50. The third-order valence-corrected chi connectivity index (χ3v) is 4.11. The molecule has 0 aliphatic carbocycles. The first-order chi connectivity index (χ1) is 7.84. The van der Waals surface area contributed by atoms with Crippen molar-refractivity contribution < 1.29 is 17.4 Å². The summed E-state index contributed by atoms with van der Waals surface area (Å²) in [4.78, 5) is 11.8. The van der Waals surface area contributed by atoms with Gasteiger partial charge >= 0.3 is 0 Å². The number of hydrogen-bond donors (Lipinski definition) is 0. The van der Waals surface area contributed by atoms with Crippen molar-refractivity contribution in [1.82, 2.24) is 0 Å². The van der Waals surface area contributed by atoms with Gasteiger partial charge in [0, 0.05) is 5.56 Å². The Morgan fingerprint density at radius 2 is 1.76 bits per heavy atom. The molecule has 94 valence electrons. The van der Waals surface area contributed by atoms with Gasteiger partial charge in [0.15, 0.2) is 10.5 Å². The highest BCUT2D eigenvalue weighted by molar-refractivity contribution is 7.88. The summed E-state index contributed by atoms with van der Waals surface area (Å²) < 4.78 is 26.3. The first-order valence-corrected chi connectivity index (χ1v) is 6.91. The monoisotopic (exact) mass is 276 g/mol. The Morgan fingerprint density at radius 3 is 2.24 bits per heavy atom. The Morgan fingerprint density at radius 1 is 1.24 bits per heavy atom. The molecule has 0 bridgehead atoms. The van der Waals surface area contributed by atoms with Crippen LogP contribution in [-0.2, 0) is 14.3 Å². The van der Waals surface area contributed by atoms with Gasteiger partial charge in [-0.25, -0.2) is 0 Å². The molecule has 2 atom stereocenters. The number of hydrogen-bond acceptors (Lipinski definition) is 4. The summed E-state index contributed by atoms with van der Waals surface area (Å²) >= 11 is 5.44. The quantitative estimate of drug-likeness (QED) is 0.470. The standard InChI is InChI=1S/C11H13ClO4S/c1-8(16-17(14,15)9(2)12)11(13)10-6-4-3-5-7-10/h3-9H,1-2H3. The van der Waals surface area contributed by atoms with Crippen LogP contribution in [0.4, 0.5) is 0 Å². The zero-order chi connectivity index (χ0) is 13.1. The topological polar surface area (TPSA) is 60.4 Å². The van der Waals surface area contributed by atoms with Gasteiger partial charge < -0.3 is 0 Å². The van der Waals surface area contributed by atoms with Crippen LogP contribution in [0.25, 0.3) is 0 Å². The highest BCUT2D eigenvalue weighted by Gasteiger charge is 2.26. The lowest BCUT2D eigenvalue weighted by Gasteiger charge is -2.13. The Hall–Kier alpha value is -0.910. The van der Waals surface area contributed by atoms with Crippen LogP contribution in [-0.4, -0.2) is 25.0 Å². The van der Waals surface area contributed by atoms with Gasteiger partial charge in [-0.2, -0.15) is 8.42 Å². The van der Waals surface area contributed by atoms with Gasteiger partial charge in [-0.15, -0.1) is 11.6 Å². The zero-order valence-corrected chi connectivity index (χ0v) is 11.0. The third-order valence-electron chi connectivity index (χ3n) is 2.10. The first kappa shape index (κ1) is 14.2. The molecule has 0 aliphatic heterocycles. The molecule has 0 heterocycles. The van der Waals surface area contributed by atoms with Crippen molar-refractivity contribution in [3.05, 3.63) is 35.9 Å². The number of carbonyl (C=O) groups is 1. The van der Waals surface area contributed by atoms with Gasteiger partial charge in [0.25, 0.3) is 10.1 Å². The molecule has 0 aromatic heterocycles. The summed E-state index contributed by atoms with van der Waals surface area (Å²) in [6, 6.07) is 8.34. The van der Waals surface area contributed by atoms with E-state index in [0.29, 0.717) is 5.56 Å². The van der Waals surface area contributed by atoms with Gasteiger partial charge in [0.05, 0.1) is 0 Å². The van der Waals surface area contributed by atoms with Crippen LogP contribution >= 0.6 is 11.6 Å². The van der Waals surface area contributed by atoms with E-state index < -0.39 is 26.7 Å². The number of benzene rings is 1. The van der Waals surface area contributed by atoms with Crippen LogP contribution in [0.3, 0.4) is 0 Å². The summed E-state index contributed by atoms with van der Waals surface area (Å²) in [6.07, 6.45) is -1.08. The van der Waals surface area contributed by atoms with E-state index in [9.17, 15) is 13.2 Å². The molecule has 0 fully saturated rings. The summed E-state index contributed by atoms with van der Waals surface area (Å²) in [5.74, 6) is -0.397. The van der Waals surface area contributed by atoms with E-state index in [1.807, 2.05) is 0 Å². The van der Waals surface area contributed by atoms with Crippen LogP contribution in [0, 0.1) is 0 Å². The lowest BCUT2D eigenvalue weighted by molar-refractivity contribution is 0.0825. The highest BCUT2D eigenvalue weighted by Crippen LogP contribution is 2.14. The maximum absolute atomic E-state index is 11.8. The smallest absolute Gasteiger partial charge is 0.284 e. The lowest BCUT2D eigenvalue weighted by Crippen LogP contribution is -2.27. The summed E-state index contributed by atoms with van der Waals surface area (Å²) in [7, 11) is -3.91. The SMILES string of the molecule is CC(OS(=O)(=O)C(C)Cl)C(=O)c1ccccc1. The summed E-state index contributed by atoms with van der Waals surface area (Å²) in [6.45, 7) is 2.66. The molecule has 1 aromatic carbocycles. The molecule has 0 saturated heterocycles. The minimum Gasteiger partial charge on any atom is -0.291 e. The number of rotatable bonds is 5. The Bertz CT molecular complexity index is 481. The average Bonchev–Trinajstić information content (AvgIpc) is 2.28. The van der Waals surface area contributed by atoms with Crippen molar-refractivity contribution in [1.29, 1.82) is 0 Å². The fraction of sp³-hybridized carbons (Fsp3) is 0.364. The van der Waals surface area contributed by atoms with E-state index >= 15 is 0 Å². The molecular weight excluding hydrogens is 264 g/mol. The molecule has 0 saturated carbocycles. The van der Waals surface area contributed by atoms with Crippen molar-refractivity contribution in [2.24, 2.45) is 0 Å². The molecule has 0 spiro atoms. The second kappa shape index (κ2) is 5.62. The van der Waals surface area contributed by atoms with E-state index in [1.54, 1.807) is 30.3 Å². The predicted molar refractivity (Wildman–Crippen MR) is 65.6 cm³/mol. The van der Waals surface area contributed by atoms with E-state index in [0.717, 1.165) is 0 Å². The third kappa shape index (κ3) is 3.80. The van der Waals surface area contributed by atoms with E-state index in [2.05, 4.69) is 0 Å². The Balaban J connectivity index is 2.79. The van der Waals surface area contributed by atoms with E-state index in [-0.39, 0.29) is 0 Å². The van der Waals surface area contributed by atoms with Gasteiger partial charge in [-0.1, -0.05) is 30.3 Å². The molecule has 0 radical (unpaired) electrons. The van der Waals surface area contributed by atoms with Crippen LogP contribution < -0.4 is 0 Å². The molecular formula is C11H13ClO4S. The van der Waals surface area contributed by atoms with E-state index in [4.69, 9.17) is 15.8 Å². The Kier molecular flexibility index (Phi) is 4.68. The molecule has 1 rings (SSSR count). The molecule has 1 aromatic rings. The van der Waals surface area contributed by atoms with Crippen molar-refractivity contribution in [3.63, 3.8) is 0 Å². The molecule has 6 heteroatoms. The summed E-state index contributed by atoms with van der Waals surface area (Å²) in [5.41, 5.74) is 0.400. The van der Waals surface area contributed by atoms with Crippen molar-refractivity contribution in [3.8, 4) is 0 Å². The predicted octanol–water partition coefficient (Wildman–Crippen LogP) is 2.19. The zero-order valence-electron chi connectivity index (χ0n) is 9.46. The summed E-state index contributed by atoms with van der Waals surface area (Å²) in [5, 5.41) is 0. The number of alkyl halides is 1.